The molecule has 0 aromatic heterocycles. The first-order valence-electron chi connectivity index (χ1n) is 10.5. The van der Waals surface area contributed by atoms with Gasteiger partial charge in [-0.3, -0.25) is 19.2 Å². The molecule has 1 heterocycles. The molecule has 33 heavy (non-hydrogen) atoms. The Morgan fingerprint density at radius 1 is 1.03 bits per heavy atom. The predicted molar refractivity (Wildman–Crippen MR) is 122 cm³/mol. The van der Waals surface area contributed by atoms with Gasteiger partial charge in [-0.15, -0.1) is 0 Å². The van der Waals surface area contributed by atoms with E-state index in [1.807, 2.05) is 0 Å². The molecule has 0 aliphatic carbocycles. The number of benzene rings is 1. The molecule has 2 rings (SSSR count). The van der Waals surface area contributed by atoms with E-state index in [0.717, 1.165) is 6.42 Å². The normalized spacial score (nSPS) is 17.9. The molecule has 1 aromatic carbocycles. The van der Waals surface area contributed by atoms with Crippen LogP contribution >= 0.6 is 12.6 Å². The molecule has 180 valence electrons. The second-order valence-corrected chi connectivity index (χ2v) is 8.08. The third-order valence-corrected chi connectivity index (χ3v) is 5.49. The molecule has 1 aliphatic heterocycles. The fourth-order valence-corrected chi connectivity index (χ4v) is 3.64. The molecule has 1 aromatic rings. The molecule has 11 nitrogen and oxygen atoms in total. The van der Waals surface area contributed by atoms with Crippen molar-refractivity contribution in [3.8, 4) is 0 Å². The second-order valence-electron chi connectivity index (χ2n) is 7.71. The number of primary amides is 1. The highest BCUT2D eigenvalue weighted by atomic mass is 32.1. The summed E-state index contributed by atoms with van der Waals surface area (Å²) in [7, 11) is 0. The number of amides is 4. The van der Waals surface area contributed by atoms with Gasteiger partial charge < -0.3 is 32.1 Å². The summed E-state index contributed by atoms with van der Waals surface area (Å²) in [4.78, 5) is 60.7. The smallest absolute Gasteiger partial charge is 0.326 e. The highest BCUT2D eigenvalue weighted by Crippen LogP contribution is 2.07. The molecule has 0 spiro atoms. The van der Waals surface area contributed by atoms with Crippen molar-refractivity contribution >= 4 is 42.2 Å². The predicted octanol–water partition coefficient (Wildman–Crippen LogP) is -1.67. The summed E-state index contributed by atoms with van der Waals surface area (Å²) < 4.78 is 0. The number of nitrogens with one attached hydrogen (secondary N) is 4. The molecule has 0 bridgehead atoms. The van der Waals surface area contributed by atoms with E-state index in [1.54, 1.807) is 30.3 Å². The lowest BCUT2D eigenvalue weighted by atomic mass is 10.0. The Labute approximate surface area is 196 Å². The first kappa shape index (κ1) is 26.1. The van der Waals surface area contributed by atoms with Crippen LogP contribution in [0.4, 0.5) is 0 Å². The van der Waals surface area contributed by atoms with Crippen LogP contribution in [-0.2, 0) is 30.4 Å². The Morgan fingerprint density at radius 2 is 1.67 bits per heavy atom. The number of nitrogens with two attached hydrogens (primary N) is 1. The van der Waals surface area contributed by atoms with Gasteiger partial charge in [0.05, 0.1) is 12.5 Å². The van der Waals surface area contributed by atoms with Crippen LogP contribution in [-0.4, -0.2) is 71.2 Å². The van der Waals surface area contributed by atoms with Crippen LogP contribution in [0, 0.1) is 0 Å². The molecule has 4 unspecified atom stereocenters. The fourth-order valence-electron chi connectivity index (χ4n) is 3.38. The summed E-state index contributed by atoms with van der Waals surface area (Å²) in [5, 5.41) is 19.8. The van der Waals surface area contributed by atoms with E-state index in [-0.39, 0.29) is 18.1 Å². The van der Waals surface area contributed by atoms with E-state index in [1.165, 1.54) is 0 Å². The van der Waals surface area contributed by atoms with E-state index in [0.29, 0.717) is 18.5 Å². The van der Waals surface area contributed by atoms with Crippen molar-refractivity contribution in [2.75, 3.05) is 12.3 Å². The molecule has 1 saturated heterocycles. The second kappa shape index (κ2) is 12.8. The van der Waals surface area contributed by atoms with Gasteiger partial charge in [0.2, 0.25) is 23.6 Å². The fraction of sp³-hybridized carbons (Fsp3) is 0.476. The van der Waals surface area contributed by atoms with Gasteiger partial charge in [-0.25, -0.2) is 4.79 Å². The SMILES string of the molecule is NC(=O)CC(NC(=O)C(Cc1ccccc1)NC(=O)C(CS)NC(=O)C1CCCN1)C(=O)O. The van der Waals surface area contributed by atoms with E-state index in [9.17, 15) is 29.1 Å². The number of hydrogen-bond acceptors (Lipinski definition) is 7. The van der Waals surface area contributed by atoms with Gasteiger partial charge in [0.25, 0.3) is 0 Å². The third kappa shape index (κ3) is 8.39. The monoisotopic (exact) mass is 479 g/mol. The molecule has 7 N–H and O–H groups in total. The van der Waals surface area contributed by atoms with Crippen molar-refractivity contribution in [3.05, 3.63) is 35.9 Å². The summed E-state index contributed by atoms with van der Waals surface area (Å²) >= 11 is 4.14. The van der Waals surface area contributed by atoms with Crippen molar-refractivity contribution < 1.29 is 29.1 Å². The zero-order chi connectivity index (χ0) is 24.4. The molecule has 0 saturated carbocycles. The average Bonchev–Trinajstić information content (AvgIpc) is 3.31. The summed E-state index contributed by atoms with van der Waals surface area (Å²) in [5.74, 6) is -4.13. The number of carboxylic acids is 1. The summed E-state index contributed by atoms with van der Waals surface area (Å²) in [5.41, 5.74) is 5.78. The standard InChI is InChI=1S/C21H29N5O6S/c22-17(27)10-15(21(31)32)25-19(29)14(9-12-5-2-1-3-6-12)24-20(30)16(11-33)26-18(28)13-7-4-8-23-13/h1-3,5-6,13-16,23,33H,4,7-11H2,(H2,22,27)(H,24,30)(H,25,29)(H,26,28)(H,31,32). The van der Waals surface area contributed by atoms with Crippen molar-refractivity contribution in [3.63, 3.8) is 0 Å². The summed E-state index contributed by atoms with van der Waals surface area (Å²) in [6, 6.07) is 4.67. The number of carbonyl (C=O) groups is 5. The van der Waals surface area contributed by atoms with Gasteiger partial charge in [0, 0.05) is 12.2 Å². The summed E-state index contributed by atoms with van der Waals surface area (Å²) in [6.07, 6.45) is 0.961. The minimum atomic E-state index is -1.54. The maximum Gasteiger partial charge on any atom is 0.326 e. The molecule has 4 amide bonds. The maximum absolute atomic E-state index is 12.9. The number of carbonyl (C=O) groups excluding carboxylic acids is 4. The lowest BCUT2D eigenvalue weighted by molar-refractivity contribution is -0.143. The highest BCUT2D eigenvalue weighted by molar-refractivity contribution is 7.80. The van der Waals surface area contributed by atoms with Gasteiger partial charge in [-0.2, -0.15) is 12.6 Å². The lowest BCUT2D eigenvalue weighted by Crippen LogP contribution is -2.58. The van der Waals surface area contributed by atoms with Crippen molar-refractivity contribution in [1.82, 2.24) is 21.3 Å². The first-order chi connectivity index (χ1) is 15.7. The van der Waals surface area contributed by atoms with Crippen LogP contribution in [0.15, 0.2) is 30.3 Å². The topological polar surface area (TPSA) is 180 Å². The van der Waals surface area contributed by atoms with Crippen LogP contribution in [0.25, 0.3) is 0 Å². The van der Waals surface area contributed by atoms with Crippen LogP contribution in [0.3, 0.4) is 0 Å². The van der Waals surface area contributed by atoms with Gasteiger partial charge in [-0.05, 0) is 24.9 Å². The first-order valence-corrected chi connectivity index (χ1v) is 11.1. The van der Waals surface area contributed by atoms with E-state index >= 15 is 0 Å². The molecule has 12 heteroatoms. The van der Waals surface area contributed by atoms with Gasteiger partial charge in [0.1, 0.15) is 18.1 Å². The van der Waals surface area contributed by atoms with Gasteiger partial charge in [-0.1, -0.05) is 30.3 Å². The molecule has 4 atom stereocenters. The van der Waals surface area contributed by atoms with Crippen molar-refractivity contribution in [1.29, 1.82) is 0 Å². The van der Waals surface area contributed by atoms with E-state index in [4.69, 9.17) is 5.73 Å². The Kier molecular flexibility index (Phi) is 10.1. The number of carboxylic acid groups (broad SMARTS) is 1. The summed E-state index contributed by atoms with van der Waals surface area (Å²) in [6.45, 7) is 0.713. The highest BCUT2D eigenvalue weighted by Gasteiger charge is 2.31. The van der Waals surface area contributed by atoms with Gasteiger partial charge >= 0.3 is 5.97 Å². The Morgan fingerprint density at radius 3 is 2.21 bits per heavy atom. The Balaban J connectivity index is 2.13. The lowest BCUT2D eigenvalue weighted by Gasteiger charge is -2.24. The Bertz CT molecular complexity index is 862. The van der Waals surface area contributed by atoms with E-state index < -0.39 is 54.3 Å². The molecule has 0 radical (unpaired) electrons. The van der Waals surface area contributed by atoms with Crippen LogP contribution in [0.2, 0.25) is 0 Å². The largest absolute Gasteiger partial charge is 0.480 e. The van der Waals surface area contributed by atoms with Crippen LogP contribution in [0.5, 0.6) is 0 Å². The number of aliphatic carboxylic acids is 1. The minimum Gasteiger partial charge on any atom is -0.480 e. The zero-order valence-electron chi connectivity index (χ0n) is 18.0. The van der Waals surface area contributed by atoms with Crippen LogP contribution in [0.1, 0.15) is 24.8 Å². The zero-order valence-corrected chi connectivity index (χ0v) is 18.8. The Hall–Kier alpha value is -3.12. The number of rotatable bonds is 12. The molecular weight excluding hydrogens is 450 g/mol. The van der Waals surface area contributed by atoms with Crippen LogP contribution < -0.4 is 27.0 Å². The minimum absolute atomic E-state index is 0.0105. The number of hydrogen-bond donors (Lipinski definition) is 7. The quantitative estimate of drug-likeness (QED) is 0.175. The van der Waals surface area contributed by atoms with E-state index in [2.05, 4.69) is 33.9 Å². The molecular formula is C21H29N5O6S. The van der Waals surface area contributed by atoms with Crippen molar-refractivity contribution in [2.45, 2.75) is 49.9 Å². The molecule has 1 aliphatic rings. The maximum atomic E-state index is 12.9. The average molecular weight is 480 g/mol. The van der Waals surface area contributed by atoms with Gasteiger partial charge in [0.15, 0.2) is 0 Å². The molecule has 1 fully saturated rings. The number of thiol groups is 1. The van der Waals surface area contributed by atoms with Crippen molar-refractivity contribution in [2.24, 2.45) is 5.73 Å². The third-order valence-electron chi connectivity index (χ3n) is 5.13.